The third-order valence-corrected chi connectivity index (χ3v) is 4.81. The normalized spacial score (nSPS) is 16.6. The molecule has 4 rings (SSSR count). The molecule has 0 bridgehead atoms. The number of hydrogen-bond acceptors (Lipinski definition) is 6. The van der Waals surface area contributed by atoms with Crippen LogP contribution in [0.25, 0.3) is 0 Å². The Bertz CT molecular complexity index is 799. The van der Waals surface area contributed by atoms with Crippen molar-refractivity contribution < 1.29 is 14.3 Å². The van der Waals surface area contributed by atoms with Crippen LogP contribution in [-0.2, 0) is 40.5 Å². The SMILES string of the molecule is O=C(Cc1ccc2c(c1)COC2)N1CCN(C(=O)Cn2cnnn2)CC1. The van der Waals surface area contributed by atoms with Crippen LogP contribution in [0.1, 0.15) is 16.7 Å². The van der Waals surface area contributed by atoms with Gasteiger partial charge in [0.05, 0.1) is 19.6 Å². The van der Waals surface area contributed by atoms with E-state index in [4.69, 9.17) is 4.74 Å². The van der Waals surface area contributed by atoms with Crippen LogP contribution in [0.15, 0.2) is 24.5 Å². The highest BCUT2D eigenvalue weighted by molar-refractivity contribution is 5.80. The standard InChI is InChI=1S/C17H20N6O3/c24-16(8-13-1-2-14-10-26-11-15(14)7-13)21-3-5-22(6-4-21)17(25)9-23-12-18-19-20-23/h1-2,7,12H,3-6,8-11H2. The summed E-state index contributed by atoms with van der Waals surface area (Å²) in [5.74, 6) is 0.0551. The summed E-state index contributed by atoms with van der Waals surface area (Å²) in [6.07, 6.45) is 1.80. The first-order valence-corrected chi connectivity index (χ1v) is 8.64. The van der Waals surface area contributed by atoms with Crippen LogP contribution < -0.4 is 0 Å². The van der Waals surface area contributed by atoms with E-state index in [1.54, 1.807) is 4.90 Å². The van der Waals surface area contributed by atoms with E-state index in [0.29, 0.717) is 45.8 Å². The average molecular weight is 356 g/mol. The fourth-order valence-corrected chi connectivity index (χ4v) is 3.32. The first-order valence-electron chi connectivity index (χ1n) is 8.64. The second-order valence-corrected chi connectivity index (χ2v) is 6.54. The van der Waals surface area contributed by atoms with E-state index in [1.165, 1.54) is 22.1 Å². The Morgan fingerprint density at radius 2 is 1.73 bits per heavy atom. The number of benzene rings is 1. The minimum atomic E-state index is -0.0389. The van der Waals surface area contributed by atoms with Crippen molar-refractivity contribution >= 4 is 11.8 Å². The van der Waals surface area contributed by atoms with E-state index in [-0.39, 0.29) is 18.4 Å². The van der Waals surface area contributed by atoms with E-state index in [0.717, 1.165) is 5.56 Å². The molecule has 0 N–H and O–H groups in total. The number of carbonyl (C=O) groups excluding carboxylic acids is 2. The zero-order chi connectivity index (χ0) is 17.9. The van der Waals surface area contributed by atoms with Crippen LogP contribution in [0.5, 0.6) is 0 Å². The van der Waals surface area contributed by atoms with Crippen LogP contribution >= 0.6 is 0 Å². The minimum Gasteiger partial charge on any atom is -0.372 e. The Morgan fingerprint density at radius 1 is 1.00 bits per heavy atom. The summed E-state index contributed by atoms with van der Waals surface area (Å²) in [5.41, 5.74) is 3.39. The summed E-state index contributed by atoms with van der Waals surface area (Å²) in [4.78, 5) is 28.4. The van der Waals surface area contributed by atoms with Crippen LogP contribution in [0, 0.1) is 0 Å². The third-order valence-electron chi connectivity index (χ3n) is 4.81. The summed E-state index contributed by atoms with van der Waals surface area (Å²) in [6, 6.07) is 6.10. The number of aromatic nitrogens is 4. The van der Waals surface area contributed by atoms with E-state index < -0.39 is 0 Å². The fourth-order valence-electron chi connectivity index (χ4n) is 3.32. The monoisotopic (exact) mass is 356 g/mol. The first-order chi connectivity index (χ1) is 12.7. The number of piperazine rings is 1. The lowest BCUT2D eigenvalue weighted by Gasteiger charge is -2.34. The van der Waals surface area contributed by atoms with E-state index in [2.05, 4.69) is 21.6 Å². The van der Waals surface area contributed by atoms with Crippen LogP contribution in [0.2, 0.25) is 0 Å². The Balaban J connectivity index is 1.28. The van der Waals surface area contributed by atoms with Crippen molar-refractivity contribution in [2.45, 2.75) is 26.2 Å². The van der Waals surface area contributed by atoms with Crippen molar-refractivity contribution in [1.29, 1.82) is 0 Å². The summed E-state index contributed by atoms with van der Waals surface area (Å²) < 4.78 is 6.82. The molecule has 1 fully saturated rings. The van der Waals surface area contributed by atoms with Crippen molar-refractivity contribution in [2.24, 2.45) is 0 Å². The number of fused-ring (bicyclic) bond motifs is 1. The van der Waals surface area contributed by atoms with Gasteiger partial charge >= 0.3 is 0 Å². The predicted molar refractivity (Wildman–Crippen MR) is 89.6 cm³/mol. The molecule has 1 aromatic carbocycles. The van der Waals surface area contributed by atoms with Crippen LogP contribution in [0.3, 0.4) is 0 Å². The van der Waals surface area contributed by atoms with Gasteiger partial charge in [0, 0.05) is 26.2 Å². The number of ether oxygens (including phenoxy) is 1. The van der Waals surface area contributed by atoms with E-state index in [9.17, 15) is 9.59 Å². The molecule has 2 aliphatic heterocycles. The lowest BCUT2D eigenvalue weighted by Crippen LogP contribution is -2.51. The van der Waals surface area contributed by atoms with Gasteiger partial charge in [0.1, 0.15) is 12.9 Å². The molecule has 136 valence electrons. The van der Waals surface area contributed by atoms with Gasteiger partial charge in [-0.25, -0.2) is 4.68 Å². The van der Waals surface area contributed by atoms with Gasteiger partial charge in [0.2, 0.25) is 11.8 Å². The minimum absolute atomic E-state index is 0.0389. The second-order valence-electron chi connectivity index (χ2n) is 6.54. The fraction of sp³-hybridized carbons (Fsp3) is 0.471. The number of rotatable bonds is 4. The molecule has 1 saturated heterocycles. The van der Waals surface area contributed by atoms with Gasteiger partial charge in [-0.15, -0.1) is 5.10 Å². The maximum Gasteiger partial charge on any atom is 0.244 e. The van der Waals surface area contributed by atoms with Crippen molar-refractivity contribution in [3.63, 3.8) is 0 Å². The Morgan fingerprint density at radius 3 is 2.46 bits per heavy atom. The summed E-state index contributed by atoms with van der Waals surface area (Å²) in [5, 5.41) is 10.7. The molecular formula is C17H20N6O3. The largest absolute Gasteiger partial charge is 0.372 e. The molecule has 0 radical (unpaired) electrons. The van der Waals surface area contributed by atoms with Gasteiger partial charge in [0.25, 0.3) is 0 Å². The van der Waals surface area contributed by atoms with E-state index >= 15 is 0 Å². The van der Waals surface area contributed by atoms with Gasteiger partial charge in [-0.1, -0.05) is 18.2 Å². The van der Waals surface area contributed by atoms with E-state index in [1.807, 2.05) is 17.0 Å². The summed E-state index contributed by atoms with van der Waals surface area (Å²) in [6.45, 7) is 3.57. The highest BCUT2D eigenvalue weighted by atomic mass is 16.5. The first kappa shape index (κ1) is 16.6. The molecule has 1 aromatic heterocycles. The molecule has 0 spiro atoms. The highest BCUT2D eigenvalue weighted by Crippen LogP contribution is 2.21. The lowest BCUT2D eigenvalue weighted by molar-refractivity contribution is -0.139. The predicted octanol–water partition coefficient (Wildman–Crippen LogP) is -0.383. The molecule has 0 unspecified atom stereocenters. The van der Waals surface area contributed by atoms with Gasteiger partial charge in [-0.05, 0) is 27.1 Å². The number of hydrogen-bond donors (Lipinski definition) is 0. The van der Waals surface area contributed by atoms with Gasteiger partial charge in [0.15, 0.2) is 0 Å². The third kappa shape index (κ3) is 3.57. The number of amides is 2. The Labute approximate surface area is 150 Å². The van der Waals surface area contributed by atoms with Gasteiger partial charge in [-0.2, -0.15) is 0 Å². The molecule has 0 aliphatic carbocycles. The molecule has 2 aliphatic rings. The van der Waals surface area contributed by atoms with Crippen molar-refractivity contribution in [3.8, 4) is 0 Å². The van der Waals surface area contributed by atoms with Crippen molar-refractivity contribution in [3.05, 3.63) is 41.2 Å². The molecule has 0 atom stereocenters. The molecule has 3 heterocycles. The molecule has 9 heteroatoms. The topological polar surface area (TPSA) is 93.5 Å². The smallest absolute Gasteiger partial charge is 0.244 e. The summed E-state index contributed by atoms with van der Waals surface area (Å²) >= 11 is 0. The second kappa shape index (κ2) is 7.20. The zero-order valence-electron chi connectivity index (χ0n) is 14.4. The average Bonchev–Trinajstić information content (AvgIpc) is 3.33. The number of tetrazole rings is 1. The van der Waals surface area contributed by atoms with Crippen molar-refractivity contribution in [2.75, 3.05) is 26.2 Å². The van der Waals surface area contributed by atoms with Crippen LogP contribution in [-0.4, -0.2) is 68.0 Å². The molecule has 26 heavy (non-hydrogen) atoms. The maximum absolute atomic E-state index is 12.6. The summed E-state index contributed by atoms with van der Waals surface area (Å²) in [7, 11) is 0. The number of nitrogens with zero attached hydrogens (tertiary/aromatic N) is 6. The van der Waals surface area contributed by atoms with Gasteiger partial charge in [-0.3, -0.25) is 9.59 Å². The van der Waals surface area contributed by atoms with Crippen LogP contribution in [0.4, 0.5) is 0 Å². The van der Waals surface area contributed by atoms with Crippen molar-refractivity contribution in [1.82, 2.24) is 30.0 Å². The zero-order valence-corrected chi connectivity index (χ0v) is 14.4. The molecule has 0 saturated carbocycles. The molecular weight excluding hydrogens is 336 g/mol. The highest BCUT2D eigenvalue weighted by Gasteiger charge is 2.24. The molecule has 2 amide bonds. The maximum atomic E-state index is 12.6. The molecule has 2 aromatic rings. The molecule has 9 nitrogen and oxygen atoms in total. The Kier molecular flexibility index (Phi) is 4.61. The van der Waals surface area contributed by atoms with Gasteiger partial charge < -0.3 is 14.5 Å². The quantitative estimate of drug-likeness (QED) is 0.741. The number of carbonyl (C=O) groups is 2. The Hall–Kier alpha value is -2.81. The lowest BCUT2D eigenvalue weighted by atomic mass is 10.0.